The van der Waals surface area contributed by atoms with E-state index >= 15 is 0 Å². The summed E-state index contributed by atoms with van der Waals surface area (Å²) >= 11 is 0. The first-order chi connectivity index (χ1) is 19.5. The average molecular weight is 570 g/mol. The number of carbonyl (C=O) groups excluding carboxylic acids is 1. The largest absolute Gasteiger partial charge is 0.504 e. The lowest BCUT2D eigenvalue weighted by atomic mass is 10.0. The number of rotatable bonds is 8. The van der Waals surface area contributed by atoms with Crippen LogP contribution in [0.2, 0.25) is 0 Å². The molecule has 1 aliphatic heterocycles. The number of hydrogen-bond donors (Lipinski definition) is 5. The number of likely N-dealkylation sites (N-methyl/N-ethyl adjacent to an activating group) is 2. The molecule has 0 aliphatic carbocycles. The fraction of sp³-hybridized carbons (Fsp3) is 0.414. The maximum absolute atomic E-state index is 12.4. The second kappa shape index (κ2) is 15.1. The molecule has 1 unspecified atom stereocenters. The molecule has 2 aromatic rings. The van der Waals surface area contributed by atoms with Gasteiger partial charge >= 0.3 is 11.9 Å². The maximum Gasteiger partial charge on any atom is 0.317 e. The van der Waals surface area contributed by atoms with Crippen molar-refractivity contribution in [2.45, 2.75) is 6.04 Å². The molecule has 2 aromatic carbocycles. The molecule has 12 heteroatoms. The van der Waals surface area contributed by atoms with E-state index in [0.717, 1.165) is 18.7 Å². The molecule has 41 heavy (non-hydrogen) atoms. The zero-order valence-corrected chi connectivity index (χ0v) is 23.4. The van der Waals surface area contributed by atoms with Crippen molar-refractivity contribution in [2.24, 2.45) is 0 Å². The molecule has 0 bridgehead atoms. The Hall–Kier alpha value is -3.97. The number of nitrogens with zero attached hydrogens (tertiary/aromatic N) is 4. The van der Waals surface area contributed by atoms with Crippen LogP contribution in [-0.4, -0.2) is 131 Å². The first kappa shape index (κ1) is 31.6. The van der Waals surface area contributed by atoms with E-state index in [1.165, 1.54) is 24.3 Å². The fourth-order valence-electron chi connectivity index (χ4n) is 4.61. The highest BCUT2D eigenvalue weighted by molar-refractivity contribution is 6.01. The quantitative estimate of drug-likeness (QED) is 0.231. The molecule has 1 amide bonds. The van der Waals surface area contributed by atoms with Crippen LogP contribution in [0.4, 0.5) is 5.69 Å². The molecule has 222 valence electrons. The number of nitrogens with one attached hydrogen (secondary N) is 1. The summed E-state index contributed by atoms with van der Waals surface area (Å²) in [5, 5.41) is 40.7. The fourth-order valence-corrected chi connectivity index (χ4v) is 4.61. The van der Waals surface area contributed by atoms with Crippen molar-refractivity contribution >= 4 is 29.6 Å². The minimum absolute atomic E-state index is 0.0993. The number of benzene rings is 2. The van der Waals surface area contributed by atoms with Crippen molar-refractivity contribution in [1.29, 1.82) is 0 Å². The normalized spacial score (nSPS) is 18.9. The molecule has 0 aromatic heterocycles. The second-order valence-electron chi connectivity index (χ2n) is 10.3. The number of carbonyl (C=O) groups is 3. The van der Waals surface area contributed by atoms with Gasteiger partial charge < -0.3 is 30.6 Å². The Kier molecular flexibility index (Phi) is 11.7. The zero-order chi connectivity index (χ0) is 29.9. The van der Waals surface area contributed by atoms with Crippen LogP contribution in [0.3, 0.4) is 0 Å². The van der Waals surface area contributed by atoms with Gasteiger partial charge in [-0.2, -0.15) is 0 Å². The minimum Gasteiger partial charge on any atom is -0.504 e. The Balaban J connectivity index is 1.74. The molecule has 0 saturated carbocycles. The Bertz CT molecular complexity index is 1220. The van der Waals surface area contributed by atoms with E-state index in [1.54, 1.807) is 18.2 Å². The van der Waals surface area contributed by atoms with Crippen molar-refractivity contribution in [3.63, 3.8) is 0 Å². The van der Waals surface area contributed by atoms with E-state index in [-0.39, 0.29) is 36.5 Å². The SMILES string of the molecule is CN1CCN(CC(=O)O)CCN(CC(=O)O)CC(c2ccc(NC(=O)/C=C/c3ccc(O)c(O)c3)cc2)N(C)CC1. The number of phenolic OH excluding ortho intramolecular Hbond substituents is 2. The van der Waals surface area contributed by atoms with E-state index in [4.69, 9.17) is 0 Å². The number of amides is 1. The predicted octanol–water partition coefficient (Wildman–Crippen LogP) is 1.44. The number of carboxylic acids is 2. The number of phenols is 2. The molecule has 3 rings (SSSR count). The molecule has 1 heterocycles. The topological polar surface area (TPSA) is 157 Å². The first-order valence-corrected chi connectivity index (χ1v) is 13.4. The highest BCUT2D eigenvalue weighted by Crippen LogP contribution is 2.26. The Morgan fingerprint density at radius 2 is 1.44 bits per heavy atom. The van der Waals surface area contributed by atoms with Gasteiger partial charge in [0.25, 0.3) is 0 Å². The number of anilines is 1. The summed E-state index contributed by atoms with van der Waals surface area (Å²) < 4.78 is 0. The van der Waals surface area contributed by atoms with Crippen LogP contribution >= 0.6 is 0 Å². The number of carboxylic acid groups (broad SMARTS) is 2. The van der Waals surface area contributed by atoms with Gasteiger partial charge in [0, 0.05) is 63.6 Å². The highest BCUT2D eigenvalue weighted by atomic mass is 16.4. The monoisotopic (exact) mass is 569 g/mol. The third-order valence-electron chi connectivity index (χ3n) is 7.04. The van der Waals surface area contributed by atoms with E-state index in [2.05, 4.69) is 15.1 Å². The molecule has 0 radical (unpaired) electrons. The smallest absolute Gasteiger partial charge is 0.317 e. The summed E-state index contributed by atoms with van der Waals surface area (Å²) in [4.78, 5) is 43.5. The maximum atomic E-state index is 12.4. The lowest BCUT2D eigenvalue weighted by Crippen LogP contribution is -2.47. The van der Waals surface area contributed by atoms with Crippen LogP contribution in [0, 0.1) is 0 Å². The van der Waals surface area contributed by atoms with Crippen LogP contribution in [0.25, 0.3) is 6.08 Å². The van der Waals surface area contributed by atoms with Crippen LogP contribution in [0.15, 0.2) is 48.5 Å². The summed E-state index contributed by atoms with van der Waals surface area (Å²) in [5.41, 5.74) is 2.09. The van der Waals surface area contributed by atoms with Gasteiger partial charge in [0.15, 0.2) is 11.5 Å². The summed E-state index contributed by atoms with van der Waals surface area (Å²) in [5.74, 6) is -2.74. The van der Waals surface area contributed by atoms with E-state index in [9.17, 15) is 34.8 Å². The van der Waals surface area contributed by atoms with Crippen molar-refractivity contribution in [2.75, 3.05) is 78.3 Å². The molecule has 1 aliphatic rings. The van der Waals surface area contributed by atoms with Gasteiger partial charge in [-0.3, -0.25) is 29.1 Å². The molecule has 5 N–H and O–H groups in total. The second-order valence-corrected chi connectivity index (χ2v) is 10.3. The van der Waals surface area contributed by atoms with Crippen LogP contribution < -0.4 is 5.32 Å². The van der Waals surface area contributed by atoms with Crippen molar-refractivity contribution in [1.82, 2.24) is 19.6 Å². The van der Waals surface area contributed by atoms with Gasteiger partial charge in [-0.05, 0) is 55.6 Å². The Morgan fingerprint density at radius 3 is 2.10 bits per heavy atom. The van der Waals surface area contributed by atoms with Gasteiger partial charge in [0.1, 0.15) is 0 Å². The number of aromatic hydroxyl groups is 2. The van der Waals surface area contributed by atoms with E-state index in [1.807, 2.05) is 36.0 Å². The van der Waals surface area contributed by atoms with Gasteiger partial charge in [0.2, 0.25) is 5.91 Å². The van der Waals surface area contributed by atoms with Gasteiger partial charge in [-0.15, -0.1) is 0 Å². The lowest BCUT2D eigenvalue weighted by Gasteiger charge is -2.36. The van der Waals surface area contributed by atoms with Gasteiger partial charge in [-0.25, -0.2) is 0 Å². The summed E-state index contributed by atoms with van der Waals surface area (Å²) in [6.45, 7) is 3.77. The Morgan fingerprint density at radius 1 is 0.829 bits per heavy atom. The molecule has 1 saturated heterocycles. The molecular formula is C29H39N5O7. The van der Waals surface area contributed by atoms with Gasteiger partial charge in [-0.1, -0.05) is 18.2 Å². The minimum atomic E-state index is -0.948. The van der Waals surface area contributed by atoms with Crippen LogP contribution in [0.5, 0.6) is 11.5 Å². The molecule has 12 nitrogen and oxygen atoms in total. The molecule has 1 atom stereocenters. The Labute approximate surface area is 239 Å². The molecule has 0 spiro atoms. The van der Waals surface area contributed by atoms with Crippen molar-refractivity contribution < 1.29 is 34.8 Å². The first-order valence-electron chi connectivity index (χ1n) is 13.4. The lowest BCUT2D eigenvalue weighted by molar-refractivity contribution is -0.140. The van der Waals surface area contributed by atoms with Crippen molar-refractivity contribution in [3.05, 3.63) is 59.7 Å². The van der Waals surface area contributed by atoms with Crippen LogP contribution in [0.1, 0.15) is 17.2 Å². The summed E-state index contributed by atoms with van der Waals surface area (Å²) in [6.07, 6.45) is 2.85. The van der Waals surface area contributed by atoms with E-state index < -0.39 is 11.9 Å². The standard InChI is InChI=1S/C29H39N5O7/c1-31-11-13-32(2)24(18-34(20-29(40)41)16-15-33(14-12-31)19-28(38)39)22-5-7-23(8-6-22)30-27(37)10-4-21-3-9-25(35)26(36)17-21/h3-10,17,24,35-36H,11-16,18-20H2,1-2H3,(H,30,37)(H,38,39)(H,40,41)/b10-4+. The number of hydrogen-bond acceptors (Lipinski definition) is 9. The summed E-state index contributed by atoms with van der Waals surface area (Å²) in [6, 6.07) is 11.5. The zero-order valence-electron chi connectivity index (χ0n) is 23.4. The summed E-state index contributed by atoms with van der Waals surface area (Å²) in [7, 11) is 4.00. The van der Waals surface area contributed by atoms with Crippen LogP contribution in [-0.2, 0) is 14.4 Å². The van der Waals surface area contributed by atoms with Gasteiger partial charge in [0.05, 0.1) is 13.1 Å². The number of aliphatic carboxylic acids is 2. The predicted molar refractivity (Wildman–Crippen MR) is 155 cm³/mol. The van der Waals surface area contributed by atoms with Crippen molar-refractivity contribution in [3.8, 4) is 11.5 Å². The molecular weight excluding hydrogens is 530 g/mol. The van der Waals surface area contributed by atoms with E-state index in [0.29, 0.717) is 44.0 Å². The average Bonchev–Trinajstić information content (AvgIpc) is 2.91. The third kappa shape index (κ3) is 10.5. The third-order valence-corrected chi connectivity index (χ3v) is 7.04. The highest BCUT2D eigenvalue weighted by Gasteiger charge is 2.24. The molecule has 1 fully saturated rings.